The summed E-state index contributed by atoms with van der Waals surface area (Å²) in [6.45, 7) is 6.02. The molecule has 0 aromatic carbocycles. The molecule has 84 valence electrons. The van der Waals surface area contributed by atoms with Gasteiger partial charge in [-0.25, -0.2) is 0 Å². The van der Waals surface area contributed by atoms with Gasteiger partial charge in [-0.15, -0.1) is 6.58 Å². The van der Waals surface area contributed by atoms with Crippen LogP contribution in [-0.2, 0) is 9.47 Å². The Bertz CT molecular complexity index is 274. The van der Waals surface area contributed by atoms with Crippen molar-refractivity contribution >= 4 is 0 Å². The highest BCUT2D eigenvalue weighted by Crippen LogP contribution is 2.31. The third-order valence-electron chi connectivity index (χ3n) is 2.88. The fraction of sp³-hybridized carbons (Fsp3) is 0.538. The van der Waals surface area contributed by atoms with Gasteiger partial charge in [0.15, 0.2) is 6.29 Å². The molecule has 0 saturated carbocycles. The lowest BCUT2D eigenvalue weighted by Gasteiger charge is -2.24. The van der Waals surface area contributed by atoms with Gasteiger partial charge >= 0.3 is 0 Å². The van der Waals surface area contributed by atoms with E-state index in [1.807, 2.05) is 6.08 Å². The molecular weight excluding hydrogens is 188 g/mol. The van der Waals surface area contributed by atoms with Crippen molar-refractivity contribution in [3.63, 3.8) is 0 Å². The van der Waals surface area contributed by atoms with Crippen LogP contribution in [0.2, 0.25) is 0 Å². The number of methoxy groups -OCH3 is 2. The van der Waals surface area contributed by atoms with Crippen LogP contribution in [-0.4, -0.2) is 20.5 Å². The standard InChI is InChI=1S/C13H20O2/c1-5-13(2)8-6-11(7-9-13)10-12(14-3)15-4/h5-8,12H,1,9-10H2,2-4H3. The van der Waals surface area contributed by atoms with Crippen LogP contribution in [0.25, 0.3) is 0 Å². The van der Waals surface area contributed by atoms with Crippen molar-refractivity contribution in [3.8, 4) is 0 Å². The summed E-state index contributed by atoms with van der Waals surface area (Å²) in [7, 11) is 3.32. The third-order valence-corrected chi connectivity index (χ3v) is 2.88. The van der Waals surface area contributed by atoms with Crippen LogP contribution in [0.4, 0.5) is 0 Å². The summed E-state index contributed by atoms with van der Waals surface area (Å²) in [4.78, 5) is 0. The van der Waals surface area contributed by atoms with E-state index in [1.165, 1.54) is 5.57 Å². The number of rotatable bonds is 5. The molecule has 0 radical (unpaired) electrons. The lowest BCUT2D eigenvalue weighted by molar-refractivity contribution is -0.0998. The molecule has 0 heterocycles. The number of hydrogen-bond acceptors (Lipinski definition) is 2. The third kappa shape index (κ3) is 3.33. The van der Waals surface area contributed by atoms with Gasteiger partial charge in [-0.3, -0.25) is 0 Å². The quantitative estimate of drug-likeness (QED) is 0.510. The molecule has 1 atom stereocenters. The van der Waals surface area contributed by atoms with E-state index in [9.17, 15) is 0 Å². The molecule has 0 bridgehead atoms. The highest BCUT2D eigenvalue weighted by Gasteiger charge is 2.19. The second kappa shape index (κ2) is 5.29. The van der Waals surface area contributed by atoms with Gasteiger partial charge in [0.25, 0.3) is 0 Å². The van der Waals surface area contributed by atoms with Crippen LogP contribution in [0.5, 0.6) is 0 Å². The van der Waals surface area contributed by atoms with E-state index in [1.54, 1.807) is 14.2 Å². The zero-order chi connectivity index (χ0) is 11.3. The largest absolute Gasteiger partial charge is 0.356 e. The maximum absolute atomic E-state index is 5.16. The molecule has 1 aliphatic rings. The SMILES string of the molecule is C=CC1(C)C=CC(CC(OC)OC)=CC1. The summed E-state index contributed by atoms with van der Waals surface area (Å²) in [5, 5.41) is 0. The number of allylic oxidation sites excluding steroid dienone is 4. The Balaban J connectivity index is 2.55. The Morgan fingerprint density at radius 2 is 2.20 bits per heavy atom. The van der Waals surface area contributed by atoms with E-state index in [0.717, 1.165) is 12.8 Å². The first kappa shape index (κ1) is 12.2. The summed E-state index contributed by atoms with van der Waals surface area (Å²) in [6, 6.07) is 0. The zero-order valence-corrected chi connectivity index (χ0v) is 9.82. The van der Waals surface area contributed by atoms with Crippen molar-refractivity contribution in [2.75, 3.05) is 14.2 Å². The predicted molar refractivity (Wildman–Crippen MR) is 62.6 cm³/mol. The van der Waals surface area contributed by atoms with Gasteiger partial charge in [-0.2, -0.15) is 0 Å². The summed E-state index contributed by atoms with van der Waals surface area (Å²) >= 11 is 0. The molecule has 0 amide bonds. The normalized spacial score (nSPS) is 25.5. The minimum absolute atomic E-state index is 0.110. The Kier molecular flexibility index (Phi) is 4.30. The summed E-state index contributed by atoms with van der Waals surface area (Å²) in [5.41, 5.74) is 1.38. The van der Waals surface area contributed by atoms with Crippen molar-refractivity contribution in [1.82, 2.24) is 0 Å². The van der Waals surface area contributed by atoms with Crippen molar-refractivity contribution in [3.05, 3.63) is 36.5 Å². The van der Waals surface area contributed by atoms with E-state index in [0.29, 0.717) is 0 Å². The molecule has 0 aliphatic heterocycles. The molecule has 0 spiro atoms. The maximum atomic E-state index is 5.16. The maximum Gasteiger partial charge on any atom is 0.160 e. The van der Waals surface area contributed by atoms with E-state index >= 15 is 0 Å². The number of ether oxygens (including phenoxy) is 2. The lowest BCUT2D eigenvalue weighted by Crippen LogP contribution is -2.16. The molecule has 0 aromatic heterocycles. The molecule has 1 aliphatic carbocycles. The minimum atomic E-state index is -0.144. The van der Waals surface area contributed by atoms with E-state index in [2.05, 4.69) is 31.7 Å². The molecule has 0 aromatic rings. The fourth-order valence-corrected chi connectivity index (χ4v) is 1.54. The van der Waals surface area contributed by atoms with Gasteiger partial charge in [0.05, 0.1) is 0 Å². The first-order valence-electron chi connectivity index (χ1n) is 5.21. The molecule has 0 N–H and O–H groups in total. The average Bonchev–Trinajstić information content (AvgIpc) is 2.28. The highest BCUT2D eigenvalue weighted by molar-refractivity contribution is 5.29. The van der Waals surface area contributed by atoms with Crippen LogP contribution < -0.4 is 0 Å². The van der Waals surface area contributed by atoms with Crippen LogP contribution in [0.1, 0.15) is 19.8 Å². The van der Waals surface area contributed by atoms with Gasteiger partial charge in [0.1, 0.15) is 0 Å². The van der Waals surface area contributed by atoms with E-state index < -0.39 is 0 Å². The lowest BCUT2D eigenvalue weighted by atomic mass is 9.82. The topological polar surface area (TPSA) is 18.5 Å². The highest BCUT2D eigenvalue weighted by atomic mass is 16.7. The fourth-order valence-electron chi connectivity index (χ4n) is 1.54. The Morgan fingerprint density at radius 1 is 1.53 bits per heavy atom. The van der Waals surface area contributed by atoms with Gasteiger partial charge in [-0.1, -0.05) is 31.2 Å². The van der Waals surface area contributed by atoms with Crippen molar-refractivity contribution in [2.45, 2.75) is 26.1 Å². The molecule has 0 saturated heterocycles. The zero-order valence-electron chi connectivity index (χ0n) is 9.82. The summed E-state index contributed by atoms with van der Waals surface area (Å²) in [6.07, 6.45) is 10.2. The van der Waals surface area contributed by atoms with Gasteiger partial charge in [0.2, 0.25) is 0 Å². The van der Waals surface area contributed by atoms with E-state index in [4.69, 9.17) is 9.47 Å². The van der Waals surface area contributed by atoms with Crippen molar-refractivity contribution in [1.29, 1.82) is 0 Å². The van der Waals surface area contributed by atoms with Crippen LogP contribution >= 0.6 is 0 Å². The molecule has 0 fully saturated rings. The smallest absolute Gasteiger partial charge is 0.160 e. The molecular formula is C13H20O2. The van der Waals surface area contributed by atoms with Crippen LogP contribution in [0.3, 0.4) is 0 Å². The van der Waals surface area contributed by atoms with Crippen LogP contribution in [0, 0.1) is 5.41 Å². The first-order valence-corrected chi connectivity index (χ1v) is 5.21. The molecule has 2 nitrogen and oxygen atoms in total. The Hall–Kier alpha value is -0.860. The second-order valence-corrected chi connectivity index (χ2v) is 4.13. The Labute approximate surface area is 92.3 Å². The second-order valence-electron chi connectivity index (χ2n) is 4.13. The number of hydrogen-bond donors (Lipinski definition) is 0. The van der Waals surface area contributed by atoms with Gasteiger partial charge in [0, 0.05) is 26.1 Å². The molecule has 1 rings (SSSR count). The van der Waals surface area contributed by atoms with Gasteiger partial charge < -0.3 is 9.47 Å². The Morgan fingerprint density at radius 3 is 2.60 bits per heavy atom. The first-order chi connectivity index (χ1) is 7.13. The van der Waals surface area contributed by atoms with Crippen molar-refractivity contribution in [2.24, 2.45) is 5.41 Å². The predicted octanol–water partition coefficient (Wildman–Crippen LogP) is 3.07. The summed E-state index contributed by atoms with van der Waals surface area (Å²) < 4.78 is 10.3. The monoisotopic (exact) mass is 208 g/mol. The summed E-state index contributed by atoms with van der Waals surface area (Å²) in [5.74, 6) is 0. The molecule has 15 heavy (non-hydrogen) atoms. The van der Waals surface area contributed by atoms with Gasteiger partial charge in [-0.05, 0) is 12.0 Å². The van der Waals surface area contributed by atoms with Crippen molar-refractivity contribution < 1.29 is 9.47 Å². The molecule has 2 heteroatoms. The average molecular weight is 208 g/mol. The van der Waals surface area contributed by atoms with Crippen LogP contribution in [0.15, 0.2) is 36.5 Å². The van der Waals surface area contributed by atoms with E-state index in [-0.39, 0.29) is 11.7 Å². The minimum Gasteiger partial charge on any atom is -0.356 e. The molecule has 1 unspecified atom stereocenters.